The first-order valence-corrected chi connectivity index (χ1v) is 8.32. The molecule has 1 saturated heterocycles. The van der Waals surface area contributed by atoms with Gasteiger partial charge in [0.2, 0.25) is 5.91 Å². The zero-order valence-corrected chi connectivity index (χ0v) is 14.2. The number of carbonyl (C=O) groups is 1. The van der Waals surface area contributed by atoms with Gasteiger partial charge in [-0.1, -0.05) is 24.3 Å². The van der Waals surface area contributed by atoms with E-state index in [0.29, 0.717) is 11.9 Å². The predicted octanol–water partition coefficient (Wildman–Crippen LogP) is 3.34. The number of fused-ring (bicyclic) bond motifs is 1. The molecule has 3 atom stereocenters. The molecule has 3 unspecified atom stereocenters. The number of hydrogen-bond acceptors (Lipinski definition) is 3. The van der Waals surface area contributed by atoms with E-state index >= 15 is 0 Å². The Morgan fingerprint density at radius 3 is 3.18 bits per heavy atom. The Kier molecular flexibility index (Phi) is 4.19. The van der Waals surface area contributed by atoms with Crippen LogP contribution in [0.25, 0.3) is 0 Å². The Bertz CT molecular complexity index is 643. The SMILES string of the molecule is C=CCC=CC12CC(C(=O)Nc3nc(Br)ccc3C)NC1C2. The maximum Gasteiger partial charge on any atom is 0.242 e. The molecule has 1 saturated carbocycles. The van der Waals surface area contributed by atoms with Gasteiger partial charge in [-0.05, 0) is 53.7 Å². The van der Waals surface area contributed by atoms with Crippen LogP contribution in [0.1, 0.15) is 24.8 Å². The summed E-state index contributed by atoms with van der Waals surface area (Å²) in [5, 5.41) is 6.36. The number of nitrogens with zero attached hydrogens (tertiary/aromatic N) is 1. The predicted molar refractivity (Wildman–Crippen MR) is 91.6 cm³/mol. The topological polar surface area (TPSA) is 54.0 Å². The van der Waals surface area contributed by atoms with Gasteiger partial charge in [0.15, 0.2) is 0 Å². The molecule has 0 spiro atoms. The number of halogens is 1. The van der Waals surface area contributed by atoms with Gasteiger partial charge in [0, 0.05) is 11.5 Å². The summed E-state index contributed by atoms with van der Waals surface area (Å²) >= 11 is 3.33. The molecule has 4 nitrogen and oxygen atoms in total. The number of rotatable bonds is 5. The molecule has 3 rings (SSSR count). The van der Waals surface area contributed by atoms with Gasteiger partial charge in [-0.3, -0.25) is 4.79 Å². The lowest BCUT2D eigenvalue weighted by atomic mass is 9.98. The number of amides is 1. The van der Waals surface area contributed by atoms with Crippen molar-refractivity contribution in [3.8, 4) is 0 Å². The third-order valence-corrected chi connectivity index (χ3v) is 4.92. The number of aryl methyl sites for hydroxylation is 1. The normalized spacial score (nSPS) is 29.4. The number of piperidine rings is 1. The summed E-state index contributed by atoms with van der Waals surface area (Å²) in [4.78, 5) is 16.8. The smallest absolute Gasteiger partial charge is 0.242 e. The van der Waals surface area contributed by atoms with Gasteiger partial charge in [-0.2, -0.15) is 0 Å². The number of carbonyl (C=O) groups excluding carboxylic acids is 1. The van der Waals surface area contributed by atoms with Crippen molar-refractivity contribution >= 4 is 27.7 Å². The molecule has 1 amide bonds. The number of allylic oxidation sites excluding steroid dienone is 2. The summed E-state index contributed by atoms with van der Waals surface area (Å²) in [6.07, 6.45) is 9.14. The molecular weight excluding hydrogens is 342 g/mol. The summed E-state index contributed by atoms with van der Waals surface area (Å²) in [7, 11) is 0. The largest absolute Gasteiger partial charge is 0.309 e. The molecule has 2 aliphatic rings. The number of hydrogen-bond donors (Lipinski definition) is 2. The van der Waals surface area contributed by atoms with Crippen molar-refractivity contribution in [2.45, 2.75) is 38.3 Å². The second-order valence-electron chi connectivity index (χ2n) is 6.13. The van der Waals surface area contributed by atoms with Gasteiger partial charge >= 0.3 is 0 Å². The maximum atomic E-state index is 12.4. The monoisotopic (exact) mass is 361 g/mol. The van der Waals surface area contributed by atoms with E-state index in [1.807, 2.05) is 25.1 Å². The van der Waals surface area contributed by atoms with E-state index in [-0.39, 0.29) is 17.4 Å². The zero-order chi connectivity index (χ0) is 15.7. The molecule has 1 aromatic heterocycles. The summed E-state index contributed by atoms with van der Waals surface area (Å²) < 4.78 is 0.722. The van der Waals surface area contributed by atoms with Gasteiger partial charge in [-0.25, -0.2) is 4.98 Å². The highest BCUT2D eigenvalue weighted by Crippen LogP contribution is 2.55. The second-order valence-corrected chi connectivity index (χ2v) is 6.94. The number of aromatic nitrogens is 1. The lowest BCUT2D eigenvalue weighted by Gasteiger charge is -2.15. The quantitative estimate of drug-likeness (QED) is 0.624. The second kappa shape index (κ2) is 5.97. The minimum atomic E-state index is -0.146. The maximum absolute atomic E-state index is 12.4. The molecule has 0 radical (unpaired) electrons. The molecular formula is C17H20BrN3O. The van der Waals surface area contributed by atoms with Crippen LogP contribution in [0.15, 0.2) is 41.5 Å². The third kappa shape index (κ3) is 3.01. The Morgan fingerprint density at radius 1 is 1.59 bits per heavy atom. The average molecular weight is 362 g/mol. The van der Waals surface area contributed by atoms with E-state index in [1.165, 1.54) is 0 Å². The molecule has 5 heteroatoms. The minimum Gasteiger partial charge on any atom is -0.309 e. The van der Waals surface area contributed by atoms with Crippen molar-refractivity contribution in [2.75, 3.05) is 5.32 Å². The minimum absolute atomic E-state index is 0.00241. The van der Waals surface area contributed by atoms with Crippen molar-refractivity contribution in [3.05, 3.63) is 47.1 Å². The Labute approximate surface area is 139 Å². The van der Waals surface area contributed by atoms with Crippen molar-refractivity contribution in [3.63, 3.8) is 0 Å². The van der Waals surface area contributed by atoms with Gasteiger partial charge in [0.05, 0.1) is 6.04 Å². The molecule has 0 bridgehead atoms. The van der Waals surface area contributed by atoms with E-state index in [0.717, 1.165) is 29.4 Å². The van der Waals surface area contributed by atoms with Gasteiger partial charge < -0.3 is 10.6 Å². The molecule has 2 N–H and O–H groups in total. The van der Waals surface area contributed by atoms with Crippen molar-refractivity contribution < 1.29 is 4.79 Å². The Hall–Kier alpha value is -1.46. The number of nitrogens with one attached hydrogen (secondary N) is 2. The molecule has 1 aliphatic heterocycles. The fourth-order valence-corrected chi connectivity index (χ4v) is 3.42. The fourth-order valence-electron chi connectivity index (χ4n) is 3.11. The van der Waals surface area contributed by atoms with Gasteiger partial charge in [0.1, 0.15) is 10.4 Å². The summed E-state index contributed by atoms with van der Waals surface area (Å²) in [6.45, 7) is 5.66. The van der Waals surface area contributed by atoms with E-state index in [2.05, 4.69) is 50.3 Å². The van der Waals surface area contributed by atoms with Gasteiger partial charge in [0.25, 0.3) is 0 Å². The molecule has 116 valence electrons. The first-order chi connectivity index (χ1) is 10.5. The first kappa shape index (κ1) is 15.4. The van der Waals surface area contributed by atoms with Crippen LogP contribution < -0.4 is 10.6 Å². The number of anilines is 1. The van der Waals surface area contributed by atoms with Crippen LogP contribution in [0.3, 0.4) is 0 Å². The Balaban J connectivity index is 1.63. The van der Waals surface area contributed by atoms with Gasteiger partial charge in [-0.15, -0.1) is 6.58 Å². The number of pyridine rings is 1. The standard InChI is InChI=1S/C17H20BrN3O/c1-3-4-5-8-17-9-12(19-13(17)10-17)16(22)21-15-11(2)6-7-14(18)20-15/h3,5-8,12-13,19H,1,4,9-10H2,2H3,(H,20,21,22). The third-order valence-electron chi connectivity index (χ3n) is 4.48. The highest BCUT2D eigenvalue weighted by atomic mass is 79.9. The van der Waals surface area contributed by atoms with Crippen LogP contribution in [-0.4, -0.2) is 23.0 Å². The van der Waals surface area contributed by atoms with Crippen LogP contribution in [0.4, 0.5) is 5.82 Å². The lowest BCUT2D eigenvalue weighted by Crippen LogP contribution is -2.38. The summed E-state index contributed by atoms with van der Waals surface area (Å²) in [5.41, 5.74) is 1.13. The van der Waals surface area contributed by atoms with Crippen molar-refractivity contribution in [1.29, 1.82) is 0 Å². The Morgan fingerprint density at radius 2 is 2.41 bits per heavy atom. The van der Waals surface area contributed by atoms with E-state index in [1.54, 1.807) is 0 Å². The van der Waals surface area contributed by atoms with E-state index in [9.17, 15) is 4.79 Å². The fraction of sp³-hybridized carbons (Fsp3) is 0.412. The van der Waals surface area contributed by atoms with Crippen molar-refractivity contribution in [2.24, 2.45) is 5.41 Å². The van der Waals surface area contributed by atoms with Crippen LogP contribution in [0, 0.1) is 12.3 Å². The molecule has 0 aromatic carbocycles. The first-order valence-electron chi connectivity index (χ1n) is 7.53. The van der Waals surface area contributed by atoms with E-state index < -0.39 is 0 Å². The molecule has 22 heavy (non-hydrogen) atoms. The highest BCUT2D eigenvalue weighted by Gasteiger charge is 2.59. The van der Waals surface area contributed by atoms with Crippen LogP contribution in [0.2, 0.25) is 0 Å². The van der Waals surface area contributed by atoms with Crippen LogP contribution in [0.5, 0.6) is 0 Å². The molecule has 1 aromatic rings. The van der Waals surface area contributed by atoms with E-state index in [4.69, 9.17) is 0 Å². The van der Waals surface area contributed by atoms with Crippen LogP contribution >= 0.6 is 15.9 Å². The zero-order valence-electron chi connectivity index (χ0n) is 12.6. The van der Waals surface area contributed by atoms with Crippen LogP contribution in [-0.2, 0) is 4.79 Å². The van der Waals surface area contributed by atoms with Crippen molar-refractivity contribution in [1.82, 2.24) is 10.3 Å². The molecule has 2 heterocycles. The average Bonchev–Trinajstić information content (AvgIpc) is 3.04. The molecule has 1 aliphatic carbocycles. The lowest BCUT2D eigenvalue weighted by molar-refractivity contribution is -0.118. The summed E-state index contributed by atoms with van der Waals surface area (Å²) in [6, 6.07) is 4.09. The molecule has 2 fully saturated rings. The highest BCUT2D eigenvalue weighted by molar-refractivity contribution is 9.10. The summed E-state index contributed by atoms with van der Waals surface area (Å²) in [5.74, 6) is 0.621.